The molecule has 16 heavy (non-hydrogen) atoms. The molecule has 1 unspecified atom stereocenters. The lowest BCUT2D eigenvalue weighted by Gasteiger charge is -2.17. The van der Waals surface area contributed by atoms with E-state index in [9.17, 15) is 0 Å². The van der Waals surface area contributed by atoms with Gasteiger partial charge >= 0.3 is 0 Å². The summed E-state index contributed by atoms with van der Waals surface area (Å²) >= 11 is 3.42. The van der Waals surface area contributed by atoms with E-state index in [4.69, 9.17) is 9.47 Å². The van der Waals surface area contributed by atoms with Crippen molar-refractivity contribution in [2.45, 2.75) is 31.7 Å². The summed E-state index contributed by atoms with van der Waals surface area (Å²) in [7, 11) is 0. The van der Waals surface area contributed by atoms with Gasteiger partial charge in [0.15, 0.2) is 0 Å². The van der Waals surface area contributed by atoms with E-state index in [1.807, 2.05) is 19.1 Å². The van der Waals surface area contributed by atoms with E-state index in [2.05, 4.69) is 35.0 Å². The maximum absolute atomic E-state index is 5.82. The van der Waals surface area contributed by atoms with Crippen molar-refractivity contribution < 1.29 is 9.47 Å². The molecule has 0 fully saturated rings. The highest BCUT2D eigenvalue weighted by Gasteiger charge is 2.07. The summed E-state index contributed by atoms with van der Waals surface area (Å²) in [6, 6.07) is 8.14. The second-order valence-corrected chi connectivity index (χ2v) is 4.15. The van der Waals surface area contributed by atoms with Crippen molar-refractivity contribution in [3.63, 3.8) is 0 Å². The van der Waals surface area contributed by atoms with Crippen molar-refractivity contribution in [2.75, 3.05) is 13.2 Å². The lowest BCUT2D eigenvalue weighted by atomic mass is 10.2. The van der Waals surface area contributed by atoms with E-state index >= 15 is 0 Å². The minimum Gasteiger partial charge on any atom is -0.488 e. The Balaban J connectivity index is 2.49. The Morgan fingerprint density at radius 1 is 1.19 bits per heavy atom. The normalized spacial score (nSPS) is 12.4. The zero-order valence-corrected chi connectivity index (χ0v) is 11.5. The van der Waals surface area contributed by atoms with Crippen LogP contribution in [0.2, 0.25) is 0 Å². The van der Waals surface area contributed by atoms with Crippen molar-refractivity contribution in [1.29, 1.82) is 0 Å². The van der Waals surface area contributed by atoms with Gasteiger partial charge in [-0.3, -0.25) is 0 Å². The Morgan fingerprint density at radius 3 is 2.38 bits per heavy atom. The van der Waals surface area contributed by atoms with Crippen LogP contribution in [0.15, 0.2) is 24.3 Å². The molecule has 0 radical (unpaired) electrons. The number of halogens is 1. The third-order valence-electron chi connectivity index (χ3n) is 2.34. The van der Waals surface area contributed by atoms with Gasteiger partial charge in [0.05, 0.1) is 6.61 Å². The van der Waals surface area contributed by atoms with E-state index in [0.29, 0.717) is 6.61 Å². The second-order valence-electron chi connectivity index (χ2n) is 3.59. The maximum Gasteiger partial charge on any atom is 0.122 e. The van der Waals surface area contributed by atoms with Crippen LogP contribution < -0.4 is 4.74 Å². The van der Waals surface area contributed by atoms with Crippen molar-refractivity contribution in [3.05, 3.63) is 29.8 Å². The highest BCUT2D eigenvalue weighted by atomic mass is 79.9. The van der Waals surface area contributed by atoms with Crippen LogP contribution >= 0.6 is 15.9 Å². The highest BCUT2D eigenvalue weighted by molar-refractivity contribution is 9.08. The third-order valence-corrected chi connectivity index (χ3v) is 2.99. The van der Waals surface area contributed by atoms with Crippen molar-refractivity contribution >= 4 is 15.9 Å². The quantitative estimate of drug-likeness (QED) is 0.711. The first kappa shape index (κ1) is 13.5. The van der Waals surface area contributed by atoms with Gasteiger partial charge in [-0.2, -0.15) is 0 Å². The Kier molecular flexibility index (Phi) is 6.50. The topological polar surface area (TPSA) is 18.5 Å². The van der Waals surface area contributed by atoms with Crippen LogP contribution in [0.3, 0.4) is 0 Å². The average Bonchev–Trinajstić information content (AvgIpc) is 2.35. The molecular weight excluding hydrogens is 268 g/mol. The van der Waals surface area contributed by atoms with Crippen LogP contribution in [0.25, 0.3) is 0 Å². The summed E-state index contributed by atoms with van der Waals surface area (Å²) in [5, 5.41) is 0.878. The van der Waals surface area contributed by atoms with Crippen LogP contribution in [-0.4, -0.2) is 19.3 Å². The zero-order valence-electron chi connectivity index (χ0n) is 9.91. The second kappa shape index (κ2) is 7.69. The molecule has 0 N–H and O–H groups in total. The van der Waals surface area contributed by atoms with Crippen LogP contribution in [0.4, 0.5) is 0 Å². The van der Waals surface area contributed by atoms with Crippen LogP contribution in [0.1, 0.15) is 25.8 Å². The van der Waals surface area contributed by atoms with Crippen LogP contribution in [0.5, 0.6) is 5.75 Å². The van der Waals surface area contributed by atoms with Crippen molar-refractivity contribution in [2.24, 2.45) is 0 Å². The molecule has 0 saturated carbocycles. The molecule has 0 aromatic heterocycles. The van der Waals surface area contributed by atoms with Crippen molar-refractivity contribution in [3.8, 4) is 5.75 Å². The summed E-state index contributed by atoms with van der Waals surface area (Å²) in [6.07, 6.45) is 1.11. The van der Waals surface area contributed by atoms with E-state index < -0.39 is 0 Å². The number of ether oxygens (including phenoxy) is 2. The van der Waals surface area contributed by atoms with Gasteiger partial charge in [0.25, 0.3) is 0 Å². The predicted octanol–water partition coefficient (Wildman–Crippen LogP) is 3.78. The Labute approximate surface area is 106 Å². The molecular formula is C13H19BrO2. The number of benzene rings is 1. The largest absolute Gasteiger partial charge is 0.488 e. The van der Waals surface area contributed by atoms with E-state index in [-0.39, 0.29) is 6.10 Å². The molecule has 0 spiro atoms. The molecule has 1 rings (SSSR count). The van der Waals surface area contributed by atoms with Gasteiger partial charge in [-0.1, -0.05) is 35.0 Å². The molecule has 0 aliphatic carbocycles. The lowest BCUT2D eigenvalue weighted by molar-refractivity contribution is 0.0547. The fourth-order valence-electron chi connectivity index (χ4n) is 1.33. The smallest absolute Gasteiger partial charge is 0.122 e. The van der Waals surface area contributed by atoms with Gasteiger partial charge in [0.2, 0.25) is 0 Å². The van der Waals surface area contributed by atoms with Gasteiger partial charge in [-0.25, -0.2) is 0 Å². The monoisotopic (exact) mass is 286 g/mol. The van der Waals surface area contributed by atoms with E-state index in [1.165, 1.54) is 5.56 Å². The van der Waals surface area contributed by atoms with E-state index in [1.54, 1.807) is 0 Å². The third kappa shape index (κ3) is 4.54. The predicted molar refractivity (Wildman–Crippen MR) is 70.3 cm³/mol. The standard InChI is InChI=1S/C13H19BrO2/c1-3-12(10-15-4-2)16-13-7-5-11(9-14)6-8-13/h5-8,12H,3-4,9-10H2,1-2H3. The average molecular weight is 287 g/mol. The first-order valence-electron chi connectivity index (χ1n) is 5.69. The summed E-state index contributed by atoms with van der Waals surface area (Å²) < 4.78 is 11.2. The van der Waals surface area contributed by atoms with Crippen molar-refractivity contribution in [1.82, 2.24) is 0 Å². The first-order chi connectivity index (χ1) is 7.80. The first-order valence-corrected chi connectivity index (χ1v) is 6.81. The minimum atomic E-state index is 0.148. The Hall–Kier alpha value is -0.540. The molecule has 0 amide bonds. The maximum atomic E-state index is 5.82. The Morgan fingerprint density at radius 2 is 1.88 bits per heavy atom. The molecule has 0 heterocycles. The fraction of sp³-hybridized carbons (Fsp3) is 0.538. The highest BCUT2D eigenvalue weighted by Crippen LogP contribution is 2.16. The summed E-state index contributed by atoms with van der Waals surface area (Å²) in [4.78, 5) is 0. The summed E-state index contributed by atoms with van der Waals surface area (Å²) in [5.41, 5.74) is 1.25. The van der Waals surface area contributed by atoms with Gasteiger partial charge in [0, 0.05) is 11.9 Å². The van der Waals surface area contributed by atoms with Gasteiger partial charge < -0.3 is 9.47 Å². The zero-order chi connectivity index (χ0) is 11.8. The molecule has 3 heteroatoms. The molecule has 90 valence electrons. The molecule has 1 aromatic rings. The SMILES string of the molecule is CCOCC(CC)Oc1ccc(CBr)cc1. The number of hydrogen-bond acceptors (Lipinski definition) is 2. The Bertz CT molecular complexity index is 284. The van der Waals surface area contributed by atoms with E-state index in [0.717, 1.165) is 24.1 Å². The number of alkyl halides is 1. The van der Waals surface area contributed by atoms with Crippen LogP contribution in [-0.2, 0) is 10.1 Å². The molecule has 0 saturated heterocycles. The molecule has 1 aromatic carbocycles. The molecule has 0 bridgehead atoms. The fourth-order valence-corrected chi connectivity index (χ4v) is 1.71. The van der Waals surface area contributed by atoms with Gasteiger partial charge in [-0.15, -0.1) is 0 Å². The summed E-state index contributed by atoms with van der Waals surface area (Å²) in [5.74, 6) is 0.913. The number of rotatable bonds is 7. The minimum absolute atomic E-state index is 0.148. The van der Waals surface area contributed by atoms with Gasteiger partial charge in [0.1, 0.15) is 11.9 Å². The molecule has 1 atom stereocenters. The molecule has 2 nitrogen and oxygen atoms in total. The summed E-state index contributed by atoms with van der Waals surface area (Å²) in [6.45, 7) is 5.50. The number of hydrogen-bond donors (Lipinski definition) is 0. The molecule has 0 aliphatic heterocycles. The molecule has 0 aliphatic rings. The lowest BCUT2D eigenvalue weighted by Crippen LogP contribution is -2.22. The van der Waals surface area contributed by atoms with Crippen LogP contribution in [0, 0.1) is 0 Å². The van der Waals surface area contributed by atoms with Gasteiger partial charge in [-0.05, 0) is 31.0 Å².